The summed E-state index contributed by atoms with van der Waals surface area (Å²) in [6.45, 7) is 4.87. The van der Waals surface area contributed by atoms with Gasteiger partial charge in [0.2, 0.25) is 5.91 Å². The third-order valence-corrected chi connectivity index (χ3v) is 4.12. The Morgan fingerprint density at radius 1 is 1.38 bits per heavy atom. The zero-order valence-corrected chi connectivity index (χ0v) is 13.6. The van der Waals surface area contributed by atoms with E-state index in [9.17, 15) is 22.8 Å². The first-order valence-corrected chi connectivity index (χ1v) is 8.02. The number of amides is 1. The molecule has 1 aliphatic rings. The van der Waals surface area contributed by atoms with Gasteiger partial charge in [-0.3, -0.25) is 9.59 Å². The van der Waals surface area contributed by atoms with Gasteiger partial charge in [-0.1, -0.05) is 6.92 Å². The summed E-state index contributed by atoms with van der Waals surface area (Å²) in [5, 5.41) is 2.66. The number of aromatic nitrogens is 1. The van der Waals surface area contributed by atoms with Crippen molar-refractivity contribution in [1.29, 1.82) is 0 Å². The molecule has 0 aliphatic carbocycles. The van der Waals surface area contributed by atoms with E-state index in [1.54, 1.807) is 0 Å². The quantitative estimate of drug-likeness (QED) is 0.884. The molecule has 1 aromatic rings. The maximum absolute atomic E-state index is 12.7. The summed E-state index contributed by atoms with van der Waals surface area (Å²) in [4.78, 5) is 25.7. The molecule has 24 heavy (non-hydrogen) atoms. The molecule has 2 rings (SSSR count). The molecule has 0 radical (unpaired) electrons. The maximum Gasteiger partial charge on any atom is 0.417 e. The number of carbonyl (C=O) groups excluding carboxylic acids is 1. The summed E-state index contributed by atoms with van der Waals surface area (Å²) >= 11 is 0. The van der Waals surface area contributed by atoms with Gasteiger partial charge in [0, 0.05) is 31.9 Å². The molecule has 1 aliphatic heterocycles. The molecular weight excluding hydrogens is 323 g/mol. The van der Waals surface area contributed by atoms with Crippen LogP contribution < -0.4 is 10.9 Å². The van der Waals surface area contributed by atoms with Crippen LogP contribution >= 0.6 is 0 Å². The minimum Gasteiger partial charge on any atom is -0.353 e. The van der Waals surface area contributed by atoms with Crippen molar-refractivity contribution < 1.29 is 18.0 Å². The van der Waals surface area contributed by atoms with Crippen molar-refractivity contribution in [2.75, 3.05) is 26.2 Å². The van der Waals surface area contributed by atoms with Gasteiger partial charge < -0.3 is 14.8 Å². The molecule has 2 heterocycles. The molecule has 0 aromatic carbocycles. The van der Waals surface area contributed by atoms with Gasteiger partial charge in [-0.15, -0.1) is 0 Å². The van der Waals surface area contributed by atoms with E-state index in [1.807, 2.05) is 0 Å². The Labute approximate surface area is 138 Å². The average molecular weight is 345 g/mol. The molecule has 1 fully saturated rings. The first-order chi connectivity index (χ1) is 11.3. The number of alkyl halides is 3. The molecule has 0 saturated carbocycles. The van der Waals surface area contributed by atoms with Crippen molar-refractivity contribution in [2.24, 2.45) is 5.92 Å². The molecule has 1 amide bonds. The lowest BCUT2D eigenvalue weighted by molar-refractivity contribution is -0.138. The van der Waals surface area contributed by atoms with Crippen LogP contribution in [0.5, 0.6) is 0 Å². The van der Waals surface area contributed by atoms with E-state index >= 15 is 0 Å². The molecule has 8 heteroatoms. The number of nitrogens with one attached hydrogen (secondary N) is 1. The number of nitrogens with zero attached hydrogens (tertiary/aromatic N) is 2. The van der Waals surface area contributed by atoms with E-state index in [1.165, 1.54) is 6.42 Å². The van der Waals surface area contributed by atoms with Crippen LogP contribution in [0.4, 0.5) is 13.2 Å². The lowest BCUT2D eigenvalue weighted by Crippen LogP contribution is -2.41. The van der Waals surface area contributed by atoms with Crippen LogP contribution in [0.2, 0.25) is 0 Å². The van der Waals surface area contributed by atoms with E-state index in [-0.39, 0.29) is 0 Å². The second kappa shape index (κ2) is 7.83. The van der Waals surface area contributed by atoms with Crippen molar-refractivity contribution in [3.63, 3.8) is 0 Å². The van der Waals surface area contributed by atoms with Gasteiger partial charge in [0.15, 0.2) is 0 Å². The van der Waals surface area contributed by atoms with Crippen LogP contribution in [-0.4, -0.2) is 41.6 Å². The monoisotopic (exact) mass is 345 g/mol. The van der Waals surface area contributed by atoms with Gasteiger partial charge in [0.1, 0.15) is 6.54 Å². The second-order valence-electron chi connectivity index (χ2n) is 6.28. The van der Waals surface area contributed by atoms with Gasteiger partial charge in [-0.2, -0.15) is 13.2 Å². The van der Waals surface area contributed by atoms with Crippen LogP contribution in [0, 0.1) is 5.92 Å². The molecule has 1 aromatic heterocycles. The fourth-order valence-electron chi connectivity index (χ4n) is 2.88. The number of carbonyl (C=O) groups is 1. The molecule has 1 N–H and O–H groups in total. The summed E-state index contributed by atoms with van der Waals surface area (Å²) in [6.07, 6.45) is -1.53. The maximum atomic E-state index is 12.7. The molecule has 0 bridgehead atoms. The predicted molar refractivity (Wildman–Crippen MR) is 83.6 cm³/mol. The number of piperidine rings is 1. The van der Waals surface area contributed by atoms with Crippen LogP contribution in [0.15, 0.2) is 23.1 Å². The van der Waals surface area contributed by atoms with Gasteiger partial charge >= 0.3 is 6.18 Å². The molecule has 1 saturated heterocycles. The standard InChI is InChI=1S/C16H22F3N3O2/c1-12-3-2-7-21(9-12)8-6-20-14(23)11-22-10-13(16(17,18)19)4-5-15(22)24/h4-5,10,12H,2-3,6-9,11H2,1H3,(H,20,23)/t12-/m1/s1. The van der Waals surface area contributed by atoms with Gasteiger partial charge in [0.05, 0.1) is 5.56 Å². The van der Waals surface area contributed by atoms with Crippen molar-refractivity contribution in [3.05, 3.63) is 34.2 Å². The lowest BCUT2D eigenvalue weighted by atomic mass is 10.0. The van der Waals surface area contributed by atoms with E-state index < -0.39 is 29.8 Å². The third-order valence-electron chi connectivity index (χ3n) is 4.12. The zero-order chi connectivity index (χ0) is 17.7. The molecule has 134 valence electrons. The second-order valence-corrected chi connectivity index (χ2v) is 6.28. The zero-order valence-electron chi connectivity index (χ0n) is 13.6. The van der Waals surface area contributed by atoms with E-state index in [2.05, 4.69) is 17.1 Å². The summed E-state index contributed by atoms with van der Waals surface area (Å²) in [5.74, 6) is 0.166. The van der Waals surface area contributed by atoms with E-state index in [0.29, 0.717) is 31.3 Å². The summed E-state index contributed by atoms with van der Waals surface area (Å²) in [5.41, 5.74) is -1.58. The SMILES string of the molecule is C[C@@H]1CCCN(CCNC(=O)Cn2cc(C(F)(F)F)ccc2=O)C1. The normalized spacial score (nSPS) is 19.2. The van der Waals surface area contributed by atoms with Crippen molar-refractivity contribution >= 4 is 5.91 Å². The van der Waals surface area contributed by atoms with Crippen molar-refractivity contribution in [2.45, 2.75) is 32.5 Å². The number of pyridine rings is 1. The highest BCUT2D eigenvalue weighted by Crippen LogP contribution is 2.27. The molecule has 5 nitrogen and oxygen atoms in total. The van der Waals surface area contributed by atoms with Gasteiger partial charge in [-0.05, 0) is 31.4 Å². The average Bonchev–Trinajstić information content (AvgIpc) is 2.48. The van der Waals surface area contributed by atoms with Crippen LogP contribution in [0.1, 0.15) is 25.3 Å². The van der Waals surface area contributed by atoms with Crippen LogP contribution in [0.25, 0.3) is 0 Å². The number of likely N-dealkylation sites (tertiary alicyclic amines) is 1. The van der Waals surface area contributed by atoms with Gasteiger partial charge in [0.25, 0.3) is 5.56 Å². The molecule has 0 unspecified atom stereocenters. The first-order valence-electron chi connectivity index (χ1n) is 8.02. The number of hydrogen-bond acceptors (Lipinski definition) is 3. The highest BCUT2D eigenvalue weighted by Gasteiger charge is 2.31. The fraction of sp³-hybridized carbons (Fsp3) is 0.625. The van der Waals surface area contributed by atoms with Crippen LogP contribution in [-0.2, 0) is 17.5 Å². The third kappa shape index (κ3) is 5.36. The Bertz CT molecular complexity index is 628. The van der Waals surface area contributed by atoms with Crippen molar-refractivity contribution in [3.8, 4) is 0 Å². The number of rotatable bonds is 5. The Kier molecular flexibility index (Phi) is 6.04. The Balaban J connectivity index is 1.85. The van der Waals surface area contributed by atoms with E-state index in [0.717, 1.165) is 30.1 Å². The number of hydrogen-bond donors (Lipinski definition) is 1. The van der Waals surface area contributed by atoms with Gasteiger partial charge in [-0.25, -0.2) is 0 Å². The lowest BCUT2D eigenvalue weighted by Gasteiger charge is -2.30. The smallest absolute Gasteiger partial charge is 0.353 e. The topological polar surface area (TPSA) is 54.3 Å². The Morgan fingerprint density at radius 3 is 2.79 bits per heavy atom. The Hall–Kier alpha value is -1.83. The molecule has 0 spiro atoms. The number of halogens is 3. The Morgan fingerprint density at radius 2 is 2.12 bits per heavy atom. The minimum absolute atomic E-state index is 0.416. The minimum atomic E-state index is -4.54. The fourth-order valence-corrected chi connectivity index (χ4v) is 2.88. The first kappa shape index (κ1) is 18.5. The highest BCUT2D eigenvalue weighted by atomic mass is 19.4. The van der Waals surface area contributed by atoms with E-state index in [4.69, 9.17) is 0 Å². The summed E-state index contributed by atoms with van der Waals surface area (Å²) in [7, 11) is 0. The largest absolute Gasteiger partial charge is 0.417 e. The molecule has 1 atom stereocenters. The summed E-state index contributed by atoms with van der Waals surface area (Å²) in [6, 6.07) is 1.54. The summed E-state index contributed by atoms with van der Waals surface area (Å²) < 4.78 is 38.7. The van der Waals surface area contributed by atoms with Crippen LogP contribution in [0.3, 0.4) is 0 Å². The molecular formula is C16H22F3N3O2. The highest BCUT2D eigenvalue weighted by molar-refractivity contribution is 5.75. The predicted octanol–water partition coefficient (Wildman–Crippen LogP) is 1.72. The van der Waals surface area contributed by atoms with Crippen molar-refractivity contribution in [1.82, 2.24) is 14.8 Å².